The Kier molecular flexibility index (Phi) is 7.43. The molecule has 0 bridgehead atoms. The number of tetrazole rings is 1. The van der Waals surface area contributed by atoms with Crippen molar-refractivity contribution in [3.05, 3.63) is 57.8 Å². The second-order valence-electron chi connectivity index (χ2n) is 11.0. The number of anilines is 2. The maximum absolute atomic E-state index is 13.6. The Morgan fingerprint density at radius 1 is 0.825 bits per heavy atom. The zero-order chi connectivity index (χ0) is 28.8. The highest BCUT2D eigenvalue weighted by atomic mass is 19.4. The van der Waals surface area contributed by atoms with Crippen molar-refractivity contribution in [2.24, 2.45) is 18.9 Å². The third kappa shape index (κ3) is 6.84. The van der Waals surface area contributed by atoms with Crippen molar-refractivity contribution in [3.8, 4) is 0 Å². The van der Waals surface area contributed by atoms with Crippen molar-refractivity contribution in [1.29, 1.82) is 0 Å². The fourth-order valence-corrected chi connectivity index (χ4v) is 4.75. The minimum Gasteiger partial charge on any atom is -0.356 e. The summed E-state index contributed by atoms with van der Waals surface area (Å²) >= 11 is 0. The number of hydrogen-bond acceptors (Lipinski definition) is 6. The third-order valence-corrected chi connectivity index (χ3v) is 7.34. The highest BCUT2D eigenvalue weighted by Crippen LogP contribution is 2.38. The molecule has 0 saturated heterocycles. The van der Waals surface area contributed by atoms with E-state index in [2.05, 4.69) is 20.3 Å². The van der Waals surface area contributed by atoms with Crippen molar-refractivity contribution in [2.45, 2.75) is 65.0 Å². The molecule has 3 aromatic rings. The number of halogens is 6. The quantitative estimate of drug-likeness (QED) is 0.276. The molecule has 0 amide bonds. The summed E-state index contributed by atoms with van der Waals surface area (Å²) in [5.41, 5.74) is -0.286. The van der Waals surface area contributed by atoms with E-state index in [1.54, 1.807) is 4.90 Å². The van der Waals surface area contributed by atoms with Crippen LogP contribution in [0.1, 0.15) is 59.2 Å². The van der Waals surface area contributed by atoms with Gasteiger partial charge < -0.3 is 9.80 Å². The Morgan fingerprint density at radius 2 is 1.40 bits per heavy atom. The molecule has 0 unspecified atom stereocenters. The first kappa shape index (κ1) is 28.2. The molecule has 0 N–H and O–H groups in total. The Bertz CT molecular complexity index is 1310. The lowest BCUT2D eigenvalue weighted by atomic mass is 10.0. The molecule has 7 nitrogen and oxygen atoms in total. The Hall–Kier alpha value is -3.38. The average Bonchev–Trinajstić information content (AvgIpc) is 3.80. The normalized spacial score (nSPS) is 15.9. The molecule has 2 aliphatic carbocycles. The summed E-state index contributed by atoms with van der Waals surface area (Å²) in [7, 11) is 1.54. The number of alkyl halides is 6. The summed E-state index contributed by atoms with van der Waals surface area (Å²) in [5, 5.41) is 12.1. The summed E-state index contributed by atoms with van der Waals surface area (Å²) in [6.45, 7) is 5.41. The van der Waals surface area contributed by atoms with E-state index in [1.165, 1.54) is 11.8 Å². The van der Waals surface area contributed by atoms with E-state index in [1.807, 2.05) is 19.9 Å². The van der Waals surface area contributed by atoms with Crippen LogP contribution in [-0.2, 0) is 32.5 Å². The lowest BCUT2D eigenvalue weighted by Gasteiger charge is -2.29. The van der Waals surface area contributed by atoms with Crippen LogP contribution in [0.5, 0.6) is 0 Å². The largest absolute Gasteiger partial charge is 0.416 e. The van der Waals surface area contributed by atoms with Crippen LogP contribution in [0.15, 0.2) is 24.3 Å². The van der Waals surface area contributed by atoms with Crippen LogP contribution in [-0.4, -0.2) is 38.3 Å². The van der Waals surface area contributed by atoms with Crippen molar-refractivity contribution >= 4 is 11.8 Å². The Labute approximate surface area is 228 Å². The summed E-state index contributed by atoms with van der Waals surface area (Å²) in [4.78, 5) is 9.97. The van der Waals surface area contributed by atoms with Gasteiger partial charge in [0.2, 0.25) is 0 Å². The van der Waals surface area contributed by atoms with Gasteiger partial charge in [-0.15, -0.1) is 5.10 Å². The van der Waals surface area contributed by atoms with Crippen LogP contribution in [0.25, 0.3) is 0 Å². The Balaban J connectivity index is 1.54. The molecule has 2 heterocycles. The fourth-order valence-electron chi connectivity index (χ4n) is 4.75. The number of pyridine rings is 1. The van der Waals surface area contributed by atoms with Gasteiger partial charge in [-0.1, -0.05) is 5.10 Å². The highest BCUT2D eigenvalue weighted by Gasteiger charge is 2.37. The molecule has 2 aliphatic rings. The minimum atomic E-state index is -4.94. The van der Waals surface area contributed by atoms with Gasteiger partial charge in [-0.25, -0.2) is 4.98 Å². The van der Waals surface area contributed by atoms with Crippen molar-refractivity contribution in [2.75, 3.05) is 22.9 Å². The van der Waals surface area contributed by atoms with Gasteiger partial charge >= 0.3 is 12.4 Å². The standard InChI is InChI=1S/C27H31F6N7/c1-16-8-21(24(34-17(16)2)39(12-18-4-5-18)13-19-6-7-19)15-40(25-35-37-38(3)36-25)14-20-9-22(26(28,29)30)11-23(10-20)27(31,32)33/h8-11,18-19H,4-7,12-15H2,1-3H3. The molecule has 40 heavy (non-hydrogen) atoms. The van der Waals surface area contributed by atoms with Gasteiger partial charge in [-0.2, -0.15) is 31.1 Å². The highest BCUT2D eigenvalue weighted by molar-refractivity contribution is 5.52. The maximum Gasteiger partial charge on any atom is 0.416 e. The van der Waals surface area contributed by atoms with Gasteiger partial charge in [-0.05, 0) is 92.0 Å². The van der Waals surface area contributed by atoms with Crippen molar-refractivity contribution in [3.63, 3.8) is 0 Å². The molecule has 0 spiro atoms. The van der Waals surface area contributed by atoms with Crippen LogP contribution in [0.3, 0.4) is 0 Å². The molecule has 0 aliphatic heterocycles. The molecule has 5 rings (SSSR count). The van der Waals surface area contributed by atoms with E-state index >= 15 is 0 Å². The van der Waals surface area contributed by atoms with E-state index < -0.39 is 23.5 Å². The monoisotopic (exact) mass is 567 g/mol. The van der Waals surface area contributed by atoms with Gasteiger partial charge in [0, 0.05) is 37.4 Å². The van der Waals surface area contributed by atoms with Crippen LogP contribution < -0.4 is 9.80 Å². The fraction of sp³-hybridized carbons (Fsp3) is 0.556. The third-order valence-electron chi connectivity index (χ3n) is 7.34. The van der Waals surface area contributed by atoms with Gasteiger partial charge in [0.25, 0.3) is 5.95 Å². The van der Waals surface area contributed by atoms with Gasteiger partial charge in [0.15, 0.2) is 0 Å². The number of nitrogens with zero attached hydrogens (tertiary/aromatic N) is 7. The predicted molar refractivity (Wildman–Crippen MR) is 137 cm³/mol. The molecular weight excluding hydrogens is 536 g/mol. The number of aromatic nitrogens is 5. The molecular formula is C27H31F6N7. The van der Waals surface area contributed by atoms with E-state index in [4.69, 9.17) is 4.98 Å². The molecule has 2 fully saturated rings. The summed E-state index contributed by atoms with van der Waals surface area (Å²) in [5.74, 6) is 2.07. The van der Waals surface area contributed by atoms with Crippen LogP contribution in [0.2, 0.25) is 0 Å². The summed E-state index contributed by atoms with van der Waals surface area (Å²) in [6, 6.07) is 3.60. The molecule has 13 heteroatoms. The topological polar surface area (TPSA) is 63.0 Å². The molecule has 2 aromatic heterocycles. The number of hydrogen-bond donors (Lipinski definition) is 0. The van der Waals surface area contributed by atoms with Crippen molar-refractivity contribution < 1.29 is 26.3 Å². The number of rotatable bonds is 10. The second-order valence-corrected chi connectivity index (χ2v) is 11.0. The number of benzene rings is 1. The predicted octanol–water partition coefficient (Wildman–Crippen LogP) is 6.09. The maximum atomic E-state index is 13.6. The lowest BCUT2D eigenvalue weighted by Crippen LogP contribution is -2.32. The zero-order valence-electron chi connectivity index (χ0n) is 22.5. The van der Waals surface area contributed by atoms with E-state index in [0.717, 1.165) is 73.5 Å². The molecule has 0 radical (unpaired) electrons. The molecule has 2 saturated carbocycles. The van der Waals surface area contributed by atoms with E-state index in [-0.39, 0.29) is 30.7 Å². The molecule has 216 valence electrons. The second kappa shape index (κ2) is 10.5. The molecule has 0 atom stereocenters. The zero-order valence-corrected chi connectivity index (χ0v) is 22.5. The molecule has 1 aromatic carbocycles. The van der Waals surface area contributed by atoms with Gasteiger partial charge in [0.05, 0.1) is 18.2 Å². The lowest BCUT2D eigenvalue weighted by molar-refractivity contribution is -0.143. The number of aryl methyl sites for hydroxylation is 3. The van der Waals surface area contributed by atoms with Crippen LogP contribution in [0.4, 0.5) is 38.1 Å². The SMILES string of the molecule is Cc1cc(CN(Cc2cc(C(F)(F)F)cc(C(F)(F)F)c2)c2nnn(C)n2)c(N(CC2CC2)CC2CC2)nc1C. The minimum absolute atomic E-state index is 0.0913. The van der Waals surface area contributed by atoms with E-state index in [0.29, 0.717) is 11.8 Å². The van der Waals surface area contributed by atoms with Gasteiger partial charge in [-0.3, -0.25) is 0 Å². The van der Waals surface area contributed by atoms with Crippen molar-refractivity contribution in [1.82, 2.24) is 25.2 Å². The van der Waals surface area contributed by atoms with Crippen LogP contribution >= 0.6 is 0 Å². The summed E-state index contributed by atoms with van der Waals surface area (Å²) < 4.78 is 81.3. The first-order valence-corrected chi connectivity index (χ1v) is 13.3. The van der Waals surface area contributed by atoms with Crippen LogP contribution in [0, 0.1) is 25.7 Å². The summed E-state index contributed by atoms with van der Waals surface area (Å²) in [6.07, 6.45) is -5.24. The first-order chi connectivity index (χ1) is 18.8. The smallest absolute Gasteiger partial charge is 0.356 e. The van der Waals surface area contributed by atoms with E-state index in [9.17, 15) is 26.3 Å². The first-order valence-electron chi connectivity index (χ1n) is 13.3. The Morgan fingerprint density at radius 3 is 1.88 bits per heavy atom. The average molecular weight is 568 g/mol. The van der Waals surface area contributed by atoms with Gasteiger partial charge in [0.1, 0.15) is 5.82 Å².